The van der Waals surface area contributed by atoms with Crippen LogP contribution >= 0.6 is 0 Å². The molecule has 2 rings (SSSR count). The lowest BCUT2D eigenvalue weighted by molar-refractivity contribution is 0.0318. The topological polar surface area (TPSA) is 108 Å². The van der Waals surface area contributed by atoms with Crippen LogP contribution in [0.3, 0.4) is 0 Å². The molecule has 2 aromatic rings. The molecule has 0 bridgehead atoms. The number of ether oxygens (including phenoxy) is 3. The molecule has 0 amide bonds. The molecule has 0 fully saturated rings. The molecule has 0 heterocycles. The number of sulfonamides is 1. The lowest BCUT2D eigenvalue weighted by Crippen LogP contribution is -2.24. The van der Waals surface area contributed by atoms with E-state index in [0.717, 1.165) is 6.26 Å². The fraction of sp³-hybridized carbons (Fsp3) is 0.300. The molecule has 0 spiro atoms. The number of carbonyl (C=O) groups is 2. The van der Waals surface area contributed by atoms with Gasteiger partial charge in [-0.05, 0) is 56.3 Å². The van der Waals surface area contributed by atoms with Crippen LogP contribution in [-0.2, 0) is 14.8 Å². The highest BCUT2D eigenvalue weighted by atomic mass is 32.2. The van der Waals surface area contributed by atoms with E-state index >= 15 is 0 Å². The maximum Gasteiger partial charge on any atom is 0.338 e. The third-order valence-electron chi connectivity index (χ3n) is 3.82. The summed E-state index contributed by atoms with van der Waals surface area (Å²) in [7, 11) is -1.92. The Morgan fingerprint density at radius 1 is 1.03 bits per heavy atom. The molecular weight excluding hydrogens is 398 g/mol. The Morgan fingerprint density at radius 2 is 1.66 bits per heavy atom. The van der Waals surface area contributed by atoms with Crippen molar-refractivity contribution in [3.8, 4) is 11.5 Å². The minimum absolute atomic E-state index is 0.224. The van der Waals surface area contributed by atoms with E-state index in [2.05, 4.69) is 4.72 Å². The van der Waals surface area contributed by atoms with Gasteiger partial charge in [-0.15, -0.1) is 0 Å². The number of methoxy groups -OCH3 is 1. The predicted molar refractivity (Wildman–Crippen MR) is 108 cm³/mol. The number of anilines is 1. The summed E-state index contributed by atoms with van der Waals surface area (Å²) in [5, 5.41) is 0. The first-order valence-electron chi connectivity index (χ1n) is 8.78. The zero-order chi connectivity index (χ0) is 21.6. The maximum absolute atomic E-state index is 12.5. The van der Waals surface area contributed by atoms with Gasteiger partial charge < -0.3 is 14.2 Å². The molecular formula is C20H23NO7S. The standard InChI is InChI=1S/C20H23NO7S/c1-5-27-18-12-15(8-11-17(18)26-3)20(23)28-13(2)19(22)14-6-9-16(10-7-14)21-29(4,24)25/h6-13,21H,5H2,1-4H3/t13-/m1/s1. The number of carbonyl (C=O) groups excluding carboxylic acids is 2. The van der Waals surface area contributed by atoms with Crippen LogP contribution in [0.25, 0.3) is 0 Å². The first-order chi connectivity index (χ1) is 13.6. The van der Waals surface area contributed by atoms with Crippen LogP contribution in [0.15, 0.2) is 42.5 Å². The average molecular weight is 421 g/mol. The summed E-state index contributed by atoms with van der Waals surface area (Å²) in [6.07, 6.45) is -0.00199. The van der Waals surface area contributed by atoms with Crippen molar-refractivity contribution in [1.29, 1.82) is 0 Å². The van der Waals surface area contributed by atoms with E-state index in [0.29, 0.717) is 23.8 Å². The van der Waals surface area contributed by atoms with E-state index in [1.807, 2.05) is 6.92 Å². The van der Waals surface area contributed by atoms with E-state index in [1.54, 1.807) is 6.07 Å². The minimum atomic E-state index is -3.41. The molecule has 29 heavy (non-hydrogen) atoms. The number of benzene rings is 2. The van der Waals surface area contributed by atoms with E-state index in [9.17, 15) is 18.0 Å². The summed E-state index contributed by atoms with van der Waals surface area (Å²) in [5.74, 6) is -0.208. The van der Waals surface area contributed by atoms with Gasteiger partial charge in [-0.3, -0.25) is 9.52 Å². The average Bonchev–Trinajstić information content (AvgIpc) is 2.67. The highest BCUT2D eigenvalue weighted by Gasteiger charge is 2.21. The van der Waals surface area contributed by atoms with Crippen molar-refractivity contribution in [2.45, 2.75) is 20.0 Å². The van der Waals surface area contributed by atoms with Gasteiger partial charge in [0.2, 0.25) is 15.8 Å². The van der Waals surface area contributed by atoms with Crippen molar-refractivity contribution in [3.05, 3.63) is 53.6 Å². The number of hydrogen-bond acceptors (Lipinski definition) is 7. The van der Waals surface area contributed by atoms with Crippen LogP contribution < -0.4 is 14.2 Å². The van der Waals surface area contributed by atoms with Gasteiger partial charge in [0.25, 0.3) is 0 Å². The third-order valence-corrected chi connectivity index (χ3v) is 4.43. The summed E-state index contributed by atoms with van der Waals surface area (Å²) in [4.78, 5) is 24.9. The van der Waals surface area contributed by atoms with E-state index in [-0.39, 0.29) is 11.1 Å². The first kappa shape index (κ1) is 22.2. The molecule has 0 aliphatic carbocycles. The monoisotopic (exact) mass is 421 g/mol. The molecule has 0 saturated heterocycles. The van der Waals surface area contributed by atoms with Crippen molar-refractivity contribution in [2.24, 2.45) is 0 Å². The highest BCUT2D eigenvalue weighted by molar-refractivity contribution is 7.92. The van der Waals surface area contributed by atoms with Gasteiger partial charge in [0.05, 0.1) is 25.5 Å². The Kier molecular flexibility index (Phi) is 7.22. The largest absolute Gasteiger partial charge is 0.493 e. The minimum Gasteiger partial charge on any atom is -0.493 e. The Morgan fingerprint density at radius 3 is 2.21 bits per heavy atom. The summed E-state index contributed by atoms with van der Waals surface area (Å²) >= 11 is 0. The lowest BCUT2D eigenvalue weighted by atomic mass is 10.1. The molecule has 2 aromatic carbocycles. The molecule has 1 atom stereocenters. The second-order valence-electron chi connectivity index (χ2n) is 6.16. The molecule has 156 valence electrons. The summed E-state index contributed by atoms with van der Waals surface area (Å²) in [6.45, 7) is 3.67. The van der Waals surface area contributed by atoms with Crippen molar-refractivity contribution in [1.82, 2.24) is 0 Å². The zero-order valence-corrected chi connectivity index (χ0v) is 17.4. The van der Waals surface area contributed by atoms with Crippen LogP contribution in [0, 0.1) is 0 Å². The van der Waals surface area contributed by atoms with E-state index in [1.165, 1.54) is 50.4 Å². The van der Waals surface area contributed by atoms with Gasteiger partial charge in [0.1, 0.15) is 0 Å². The van der Waals surface area contributed by atoms with Gasteiger partial charge in [-0.2, -0.15) is 0 Å². The molecule has 0 saturated carbocycles. The number of rotatable bonds is 9. The third kappa shape index (κ3) is 6.21. The van der Waals surface area contributed by atoms with E-state index in [4.69, 9.17) is 14.2 Å². The number of esters is 1. The first-order valence-corrected chi connectivity index (χ1v) is 10.7. The Bertz CT molecular complexity index is 984. The van der Waals surface area contributed by atoms with Crippen molar-refractivity contribution in [3.63, 3.8) is 0 Å². The van der Waals surface area contributed by atoms with Crippen LogP contribution in [0.2, 0.25) is 0 Å². The molecule has 8 nitrogen and oxygen atoms in total. The molecule has 0 aromatic heterocycles. The molecule has 1 N–H and O–H groups in total. The highest BCUT2D eigenvalue weighted by Crippen LogP contribution is 2.28. The van der Waals surface area contributed by atoms with Gasteiger partial charge >= 0.3 is 5.97 Å². The Hall–Kier alpha value is -3.07. The smallest absolute Gasteiger partial charge is 0.338 e. The SMILES string of the molecule is CCOc1cc(C(=O)O[C@H](C)C(=O)c2ccc(NS(C)(=O)=O)cc2)ccc1OC. The summed E-state index contributed by atoms with van der Waals surface area (Å²) < 4.78 is 40.7. The van der Waals surface area contributed by atoms with Crippen molar-refractivity contribution < 1.29 is 32.2 Å². The van der Waals surface area contributed by atoms with Gasteiger partial charge in [0.15, 0.2) is 17.6 Å². The number of nitrogens with one attached hydrogen (secondary N) is 1. The molecule has 0 aliphatic heterocycles. The van der Waals surface area contributed by atoms with Gasteiger partial charge in [-0.1, -0.05) is 0 Å². The molecule has 0 aliphatic rings. The van der Waals surface area contributed by atoms with Crippen LogP contribution in [-0.4, -0.2) is 46.2 Å². The fourth-order valence-corrected chi connectivity index (χ4v) is 3.07. The predicted octanol–water partition coefficient (Wildman–Crippen LogP) is 2.89. The van der Waals surface area contributed by atoms with Gasteiger partial charge in [-0.25, -0.2) is 13.2 Å². The summed E-state index contributed by atoms with van der Waals surface area (Å²) in [5.41, 5.74) is 0.839. The van der Waals surface area contributed by atoms with E-state index < -0.39 is 27.9 Å². The Balaban J connectivity index is 2.09. The fourth-order valence-electron chi connectivity index (χ4n) is 2.51. The zero-order valence-electron chi connectivity index (χ0n) is 16.6. The lowest BCUT2D eigenvalue weighted by Gasteiger charge is -2.14. The Labute approximate surface area is 169 Å². The number of Topliss-reactive ketones (excluding diaryl/α,β-unsaturated/α-hetero) is 1. The molecule has 9 heteroatoms. The number of ketones is 1. The summed E-state index contributed by atoms with van der Waals surface area (Å²) in [6, 6.07) is 10.4. The molecule has 0 unspecified atom stereocenters. The maximum atomic E-state index is 12.5. The second-order valence-corrected chi connectivity index (χ2v) is 7.91. The van der Waals surface area contributed by atoms with Gasteiger partial charge in [0, 0.05) is 11.3 Å². The second kappa shape index (κ2) is 9.42. The number of hydrogen-bond donors (Lipinski definition) is 1. The van der Waals surface area contributed by atoms with Crippen molar-refractivity contribution >= 4 is 27.5 Å². The van der Waals surface area contributed by atoms with Crippen LogP contribution in [0.4, 0.5) is 5.69 Å². The normalized spacial score (nSPS) is 12.0. The molecule has 0 radical (unpaired) electrons. The van der Waals surface area contributed by atoms with Crippen molar-refractivity contribution in [2.75, 3.05) is 24.7 Å². The van der Waals surface area contributed by atoms with Crippen LogP contribution in [0.1, 0.15) is 34.6 Å². The quantitative estimate of drug-likeness (QED) is 0.490. The van der Waals surface area contributed by atoms with Crippen LogP contribution in [0.5, 0.6) is 11.5 Å².